The third-order valence-electron chi connectivity index (χ3n) is 2.89. The van der Waals surface area contributed by atoms with Gasteiger partial charge in [-0.25, -0.2) is 0 Å². The van der Waals surface area contributed by atoms with Crippen LogP contribution < -0.4 is 4.74 Å². The van der Waals surface area contributed by atoms with E-state index in [0.29, 0.717) is 4.77 Å². The number of ether oxygens (including phenoxy) is 1. The molecule has 0 spiro atoms. The third kappa shape index (κ3) is 2.48. The zero-order valence-corrected chi connectivity index (χ0v) is 11.7. The second kappa shape index (κ2) is 5.30. The molecule has 0 aliphatic heterocycles. The minimum atomic E-state index is 0.569. The number of aromatic nitrogens is 3. The normalized spacial score (nSPS) is 10.4. The van der Waals surface area contributed by atoms with Crippen molar-refractivity contribution < 1.29 is 4.74 Å². The van der Waals surface area contributed by atoms with Crippen molar-refractivity contribution in [2.45, 2.75) is 6.92 Å². The van der Waals surface area contributed by atoms with Gasteiger partial charge in [0, 0.05) is 6.07 Å². The zero-order chi connectivity index (χ0) is 13.9. The highest BCUT2D eigenvalue weighted by molar-refractivity contribution is 7.71. The van der Waals surface area contributed by atoms with Gasteiger partial charge in [-0.05, 0) is 43.4 Å². The number of aryl methyl sites for hydroxylation is 1. The standard InChI is InChI=1S/C15H13N3OS/c1-11-16-17-15(20)18(11)12-6-5-9-14(10-12)19-13-7-3-2-4-8-13/h2-10H,1H3,(H,17,20). The molecule has 2 aromatic carbocycles. The van der Waals surface area contributed by atoms with Crippen LogP contribution in [0.25, 0.3) is 5.69 Å². The molecule has 0 bridgehead atoms. The van der Waals surface area contributed by atoms with Crippen LogP contribution in [-0.2, 0) is 0 Å². The first-order valence-electron chi connectivity index (χ1n) is 6.21. The number of rotatable bonds is 3. The maximum Gasteiger partial charge on any atom is 0.199 e. The molecule has 0 unspecified atom stereocenters. The molecule has 1 heterocycles. The van der Waals surface area contributed by atoms with Crippen LogP contribution in [-0.4, -0.2) is 14.8 Å². The molecular weight excluding hydrogens is 270 g/mol. The second-order valence-corrected chi connectivity index (χ2v) is 4.71. The lowest BCUT2D eigenvalue weighted by Crippen LogP contribution is -1.97. The summed E-state index contributed by atoms with van der Waals surface area (Å²) in [5, 5.41) is 6.89. The highest BCUT2D eigenvalue weighted by Gasteiger charge is 2.05. The Kier molecular flexibility index (Phi) is 3.35. The molecule has 4 nitrogen and oxygen atoms in total. The Morgan fingerprint density at radius 2 is 1.80 bits per heavy atom. The van der Waals surface area contributed by atoms with E-state index in [1.54, 1.807) is 0 Å². The molecule has 5 heteroatoms. The first-order chi connectivity index (χ1) is 9.74. The van der Waals surface area contributed by atoms with Crippen molar-refractivity contribution in [1.29, 1.82) is 0 Å². The molecule has 3 aromatic rings. The fraction of sp³-hybridized carbons (Fsp3) is 0.0667. The van der Waals surface area contributed by atoms with Gasteiger partial charge in [0.15, 0.2) is 4.77 Å². The smallest absolute Gasteiger partial charge is 0.199 e. The SMILES string of the molecule is Cc1n[nH]c(=S)n1-c1cccc(Oc2ccccc2)c1. The third-order valence-corrected chi connectivity index (χ3v) is 3.17. The highest BCUT2D eigenvalue weighted by Crippen LogP contribution is 2.23. The van der Waals surface area contributed by atoms with Crippen LogP contribution in [0.3, 0.4) is 0 Å². The van der Waals surface area contributed by atoms with Gasteiger partial charge >= 0.3 is 0 Å². The summed E-state index contributed by atoms with van der Waals surface area (Å²) in [6, 6.07) is 17.4. The largest absolute Gasteiger partial charge is 0.457 e. The second-order valence-electron chi connectivity index (χ2n) is 4.32. The van der Waals surface area contributed by atoms with Crippen molar-refractivity contribution in [2.75, 3.05) is 0 Å². The average Bonchev–Trinajstić information content (AvgIpc) is 2.80. The average molecular weight is 283 g/mol. The topological polar surface area (TPSA) is 42.8 Å². The Hall–Kier alpha value is -2.40. The van der Waals surface area contributed by atoms with E-state index in [1.165, 1.54) is 0 Å². The molecule has 0 amide bonds. The summed E-state index contributed by atoms with van der Waals surface area (Å²) in [5.74, 6) is 2.38. The lowest BCUT2D eigenvalue weighted by atomic mass is 10.3. The number of benzene rings is 2. The molecular formula is C15H13N3OS. The zero-order valence-electron chi connectivity index (χ0n) is 10.9. The summed E-state index contributed by atoms with van der Waals surface area (Å²) in [6.07, 6.45) is 0. The molecule has 0 radical (unpaired) electrons. The van der Waals surface area contributed by atoms with Gasteiger partial charge in [-0.2, -0.15) is 5.10 Å². The fourth-order valence-electron chi connectivity index (χ4n) is 1.99. The molecule has 20 heavy (non-hydrogen) atoms. The van der Waals surface area contributed by atoms with Gasteiger partial charge in [0.05, 0.1) is 5.69 Å². The van der Waals surface area contributed by atoms with E-state index in [0.717, 1.165) is 23.0 Å². The summed E-state index contributed by atoms with van der Waals surface area (Å²) in [7, 11) is 0. The van der Waals surface area contributed by atoms with Gasteiger partial charge in [-0.15, -0.1) is 0 Å². The molecule has 0 atom stereocenters. The van der Waals surface area contributed by atoms with Crippen LogP contribution in [0.4, 0.5) is 0 Å². The van der Waals surface area contributed by atoms with E-state index >= 15 is 0 Å². The van der Waals surface area contributed by atoms with Gasteiger partial charge in [-0.1, -0.05) is 24.3 Å². The first-order valence-corrected chi connectivity index (χ1v) is 6.62. The molecule has 0 saturated heterocycles. The number of nitrogens with zero attached hydrogens (tertiary/aromatic N) is 2. The lowest BCUT2D eigenvalue weighted by Gasteiger charge is -2.08. The number of H-pyrrole nitrogens is 1. The molecule has 0 aliphatic rings. The van der Waals surface area contributed by atoms with Gasteiger partial charge in [0.2, 0.25) is 0 Å². The predicted molar refractivity (Wildman–Crippen MR) is 80.0 cm³/mol. The lowest BCUT2D eigenvalue weighted by molar-refractivity contribution is 0.482. The minimum Gasteiger partial charge on any atom is -0.457 e. The van der Waals surface area contributed by atoms with Crippen molar-refractivity contribution in [2.24, 2.45) is 0 Å². The molecule has 0 aliphatic carbocycles. The van der Waals surface area contributed by atoms with E-state index in [2.05, 4.69) is 10.2 Å². The van der Waals surface area contributed by atoms with Gasteiger partial charge in [0.25, 0.3) is 0 Å². The van der Waals surface area contributed by atoms with Crippen LogP contribution in [0.15, 0.2) is 54.6 Å². The van der Waals surface area contributed by atoms with Crippen LogP contribution in [0.5, 0.6) is 11.5 Å². The van der Waals surface area contributed by atoms with Crippen molar-refractivity contribution in [3.63, 3.8) is 0 Å². The summed E-state index contributed by atoms with van der Waals surface area (Å²) < 4.78 is 8.26. The van der Waals surface area contributed by atoms with Crippen molar-refractivity contribution in [1.82, 2.24) is 14.8 Å². The number of nitrogens with one attached hydrogen (secondary N) is 1. The van der Waals surface area contributed by atoms with Gasteiger partial charge in [0.1, 0.15) is 17.3 Å². The Labute approximate surface area is 121 Å². The highest BCUT2D eigenvalue weighted by atomic mass is 32.1. The molecule has 3 rings (SSSR count). The van der Waals surface area contributed by atoms with E-state index in [1.807, 2.05) is 66.1 Å². The molecule has 0 fully saturated rings. The molecule has 100 valence electrons. The monoisotopic (exact) mass is 283 g/mol. The van der Waals surface area contributed by atoms with Crippen LogP contribution in [0.2, 0.25) is 0 Å². The van der Waals surface area contributed by atoms with Crippen LogP contribution >= 0.6 is 12.2 Å². The number of hydrogen-bond acceptors (Lipinski definition) is 3. The Morgan fingerprint density at radius 3 is 2.50 bits per heavy atom. The van der Waals surface area contributed by atoms with Gasteiger partial charge < -0.3 is 4.74 Å². The van der Waals surface area contributed by atoms with Crippen LogP contribution in [0.1, 0.15) is 5.82 Å². The van der Waals surface area contributed by atoms with Crippen molar-refractivity contribution >= 4 is 12.2 Å². The Bertz CT molecular complexity index is 777. The number of para-hydroxylation sites is 1. The molecule has 0 saturated carbocycles. The summed E-state index contributed by atoms with van der Waals surface area (Å²) in [6.45, 7) is 1.90. The Morgan fingerprint density at radius 1 is 1.05 bits per heavy atom. The summed E-state index contributed by atoms with van der Waals surface area (Å²) in [5.41, 5.74) is 0.926. The van der Waals surface area contributed by atoms with E-state index in [4.69, 9.17) is 17.0 Å². The molecule has 1 N–H and O–H groups in total. The van der Waals surface area contributed by atoms with E-state index in [-0.39, 0.29) is 0 Å². The van der Waals surface area contributed by atoms with E-state index < -0.39 is 0 Å². The quantitative estimate of drug-likeness (QED) is 0.738. The van der Waals surface area contributed by atoms with Crippen LogP contribution in [0, 0.1) is 11.7 Å². The van der Waals surface area contributed by atoms with Crippen molar-refractivity contribution in [3.05, 3.63) is 65.2 Å². The number of aromatic amines is 1. The fourth-order valence-corrected chi connectivity index (χ4v) is 2.27. The summed E-state index contributed by atoms with van der Waals surface area (Å²) in [4.78, 5) is 0. The predicted octanol–water partition coefficient (Wildman–Crippen LogP) is 4.03. The molecule has 1 aromatic heterocycles. The summed E-state index contributed by atoms with van der Waals surface area (Å²) >= 11 is 5.23. The van der Waals surface area contributed by atoms with Gasteiger partial charge in [-0.3, -0.25) is 9.67 Å². The van der Waals surface area contributed by atoms with E-state index in [9.17, 15) is 0 Å². The maximum atomic E-state index is 5.82. The first kappa shape index (κ1) is 12.6. The maximum absolute atomic E-state index is 5.82. The minimum absolute atomic E-state index is 0.569. The number of hydrogen-bond donors (Lipinski definition) is 1. The van der Waals surface area contributed by atoms with Crippen molar-refractivity contribution in [3.8, 4) is 17.2 Å². The Balaban J connectivity index is 1.96.